The minimum Gasteiger partial charge on any atom is -0.352 e. The van der Waals surface area contributed by atoms with Gasteiger partial charge in [-0.25, -0.2) is 4.39 Å². The van der Waals surface area contributed by atoms with Gasteiger partial charge in [-0.3, -0.25) is 9.69 Å². The number of halogens is 1. The molecule has 0 aromatic heterocycles. The summed E-state index contributed by atoms with van der Waals surface area (Å²) in [5.41, 5.74) is 5.06. The summed E-state index contributed by atoms with van der Waals surface area (Å²) in [5.74, 6) is 0.497. The minimum atomic E-state index is -0.256. The molecular weight excluding hydrogens is 363 g/mol. The van der Waals surface area contributed by atoms with Crippen molar-refractivity contribution in [3.8, 4) is 11.1 Å². The zero-order chi connectivity index (χ0) is 19.8. The van der Waals surface area contributed by atoms with Crippen molar-refractivity contribution in [1.82, 2.24) is 10.2 Å². The predicted molar refractivity (Wildman–Crippen MR) is 112 cm³/mol. The van der Waals surface area contributed by atoms with Crippen molar-refractivity contribution in [3.63, 3.8) is 0 Å². The number of nitrogens with one attached hydrogen (secondary N) is 1. The maximum atomic E-state index is 13.3. The van der Waals surface area contributed by atoms with Gasteiger partial charge in [-0.15, -0.1) is 0 Å². The summed E-state index contributed by atoms with van der Waals surface area (Å²) in [5, 5.41) is 3.12. The smallest absolute Gasteiger partial charge is 0.251 e. The molecule has 1 amide bonds. The maximum absolute atomic E-state index is 13.3. The molecule has 2 aliphatic rings. The van der Waals surface area contributed by atoms with Gasteiger partial charge in [0.05, 0.1) is 0 Å². The zero-order valence-corrected chi connectivity index (χ0v) is 16.1. The Morgan fingerprint density at radius 1 is 0.931 bits per heavy atom. The van der Waals surface area contributed by atoms with Gasteiger partial charge in [0, 0.05) is 37.7 Å². The highest BCUT2D eigenvalue weighted by atomic mass is 19.1. The van der Waals surface area contributed by atoms with Crippen LogP contribution in [0.15, 0.2) is 72.8 Å². The Kier molecular flexibility index (Phi) is 4.64. The Labute approximate surface area is 170 Å². The van der Waals surface area contributed by atoms with E-state index in [0.717, 1.165) is 41.9 Å². The third-order valence-electron chi connectivity index (χ3n) is 6.17. The summed E-state index contributed by atoms with van der Waals surface area (Å²) in [6.45, 7) is 3.58. The molecule has 3 aromatic carbocycles. The first-order valence-electron chi connectivity index (χ1n) is 10.1. The van der Waals surface area contributed by atoms with Crippen LogP contribution in [0.3, 0.4) is 0 Å². The first kappa shape index (κ1) is 18.1. The average molecular weight is 386 g/mol. The highest BCUT2D eigenvalue weighted by Crippen LogP contribution is 2.38. The molecule has 2 aliphatic heterocycles. The Bertz CT molecular complexity index is 1030. The van der Waals surface area contributed by atoms with Crippen LogP contribution in [0, 0.1) is 11.7 Å². The van der Waals surface area contributed by atoms with Gasteiger partial charge >= 0.3 is 0 Å². The second kappa shape index (κ2) is 7.45. The third-order valence-corrected chi connectivity index (χ3v) is 6.17. The molecule has 3 nitrogen and oxygen atoms in total. The summed E-state index contributed by atoms with van der Waals surface area (Å²) >= 11 is 0. The fraction of sp³-hybridized carbons (Fsp3) is 0.240. The molecule has 0 spiro atoms. The van der Waals surface area contributed by atoms with E-state index in [1.54, 1.807) is 12.1 Å². The van der Waals surface area contributed by atoms with Crippen LogP contribution >= 0.6 is 0 Å². The molecule has 1 N–H and O–H groups in total. The molecule has 2 atom stereocenters. The number of carbonyl (C=O) groups excluding carboxylic acids is 1. The number of nitrogens with zero attached hydrogens (tertiary/aromatic N) is 1. The summed E-state index contributed by atoms with van der Waals surface area (Å²) in [6, 6.07) is 23.1. The van der Waals surface area contributed by atoms with Gasteiger partial charge in [-0.1, -0.05) is 54.6 Å². The standard InChI is InChI=1S/C25H23FN2O/c26-21-9-6-18(7-10-21)19-8-11-22-23(12-19)25(29)27-13-20-15-28(16-24(20)22)14-17-4-2-1-3-5-17/h1-12,20,24H,13-16H2,(H,27,29)/t20-,24-/m0/s1. The van der Waals surface area contributed by atoms with Crippen molar-refractivity contribution in [3.05, 3.63) is 95.3 Å². The topological polar surface area (TPSA) is 32.3 Å². The summed E-state index contributed by atoms with van der Waals surface area (Å²) in [7, 11) is 0. The van der Waals surface area contributed by atoms with E-state index in [2.05, 4.69) is 46.6 Å². The van der Waals surface area contributed by atoms with Gasteiger partial charge in [0.15, 0.2) is 0 Å². The quantitative estimate of drug-likeness (QED) is 0.721. The van der Waals surface area contributed by atoms with Crippen LogP contribution in [0.25, 0.3) is 11.1 Å². The van der Waals surface area contributed by atoms with Crippen LogP contribution in [-0.4, -0.2) is 30.4 Å². The molecule has 0 bridgehead atoms. The molecule has 146 valence electrons. The van der Waals surface area contributed by atoms with E-state index in [0.29, 0.717) is 18.4 Å². The van der Waals surface area contributed by atoms with Crippen molar-refractivity contribution in [1.29, 1.82) is 0 Å². The summed E-state index contributed by atoms with van der Waals surface area (Å²) < 4.78 is 13.3. The van der Waals surface area contributed by atoms with E-state index in [9.17, 15) is 9.18 Å². The number of amides is 1. The molecule has 1 fully saturated rings. The largest absolute Gasteiger partial charge is 0.352 e. The van der Waals surface area contributed by atoms with Crippen LogP contribution in [-0.2, 0) is 6.54 Å². The lowest BCUT2D eigenvalue weighted by Gasteiger charge is -2.18. The highest BCUT2D eigenvalue weighted by Gasteiger charge is 2.38. The Morgan fingerprint density at radius 3 is 2.48 bits per heavy atom. The van der Waals surface area contributed by atoms with E-state index >= 15 is 0 Å². The molecule has 2 heterocycles. The Morgan fingerprint density at radius 2 is 1.69 bits per heavy atom. The molecule has 29 heavy (non-hydrogen) atoms. The monoisotopic (exact) mass is 386 g/mol. The van der Waals surface area contributed by atoms with E-state index < -0.39 is 0 Å². The van der Waals surface area contributed by atoms with Gasteiger partial charge in [0.2, 0.25) is 0 Å². The van der Waals surface area contributed by atoms with Crippen molar-refractivity contribution in [2.45, 2.75) is 12.5 Å². The molecule has 0 saturated carbocycles. The van der Waals surface area contributed by atoms with Gasteiger partial charge in [0.25, 0.3) is 5.91 Å². The molecule has 0 radical (unpaired) electrons. The predicted octanol–water partition coefficient (Wildman–Crippen LogP) is 4.45. The Hall–Kier alpha value is -2.98. The van der Waals surface area contributed by atoms with Crippen molar-refractivity contribution in [2.24, 2.45) is 5.92 Å². The summed E-state index contributed by atoms with van der Waals surface area (Å²) in [4.78, 5) is 15.2. The third kappa shape index (κ3) is 3.56. The average Bonchev–Trinajstić information content (AvgIpc) is 3.10. The van der Waals surface area contributed by atoms with Crippen LogP contribution in [0.5, 0.6) is 0 Å². The molecule has 1 saturated heterocycles. The highest BCUT2D eigenvalue weighted by molar-refractivity contribution is 5.97. The maximum Gasteiger partial charge on any atom is 0.251 e. The lowest BCUT2D eigenvalue weighted by atomic mass is 9.86. The number of benzene rings is 3. The van der Waals surface area contributed by atoms with Crippen molar-refractivity contribution in [2.75, 3.05) is 19.6 Å². The minimum absolute atomic E-state index is 0.00651. The second-order valence-electron chi connectivity index (χ2n) is 8.07. The number of rotatable bonds is 3. The number of hydrogen-bond donors (Lipinski definition) is 1. The van der Waals surface area contributed by atoms with Crippen molar-refractivity contribution < 1.29 is 9.18 Å². The number of likely N-dealkylation sites (tertiary alicyclic amines) is 1. The molecule has 0 aliphatic carbocycles. The van der Waals surface area contributed by atoms with Crippen LogP contribution in [0.2, 0.25) is 0 Å². The normalized spacial score (nSPS) is 21.2. The molecule has 4 heteroatoms. The number of hydrogen-bond acceptors (Lipinski definition) is 2. The number of fused-ring (bicyclic) bond motifs is 3. The van der Waals surface area contributed by atoms with Crippen LogP contribution in [0.1, 0.15) is 27.4 Å². The van der Waals surface area contributed by atoms with E-state index in [1.165, 1.54) is 17.7 Å². The van der Waals surface area contributed by atoms with Gasteiger partial charge in [-0.2, -0.15) is 0 Å². The van der Waals surface area contributed by atoms with E-state index in [4.69, 9.17) is 0 Å². The van der Waals surface area contributed by atoms with E-state index in [-0.39, 0.29) is 11.7 Å². The van der Waals surface area contributed by atoms with E-state index in [1.807, 2.05) is 12.1 Å². The van der Waals surface area contributed by atoms with Crippen LogP contribution in [0.4, 0.5) is 4.39 Å². The Balaban J connectivity index is 1.44. The first-order chi connectivity index (χ1) is 14.2. The molecule has 3 aromatic rings. The molecule has 0 unspecified atom stereocenters. The number of carbonyl (C=O) groups is 1. The zero-order valence-electron chi connectivity index (χ0n) is 16.1. The van der Waals surface area contributed by atoms with Gasteiger partial charge in [0.1, 0.15) is 5.82 Å². The van der Waals surface area contributed by atoms with Crippen LogP contribution < -0.4 is 5.32 Å². The lowest BCUT2D eigenvalue weighted by Crippen LogP contribution is -2.29. The molecule has 5 rings (SSSR count). The fourth-order valence-electron chi connectivity index (χ4n) is 4.71. The second-order valence-corrected chi connectivity index (χ2v) is 8.07. The fourth-order valence-corrected chi connectivity index (χ4v) is 4.71. The van der Waals surface area contributed by atoms with Gasteiger partial charge < -0.3 is 5.32 Å². The molecular formula is C25H23FN2O. The first-order valence-corrected chi connectivity index (χ1v) is 10.1. The lowest BCUT2D eigenvalue weighted by molar-refractivity contribution is 0.0951. The van der Waals surface area contributed by atoms with Gasteiger partial charge in [-0.05, 0) is 46.4 Å². The van der Waals surface area contributed by atoms with Crippen molar-refractivity contribution >= 4 is 5.91 Å². The SMILES string of the molecule is O=C1NC[C@H]2CN(Cc3ccccc3)C[C@@H]2c2ccc(-c3ccc(F)cc3)cc21. The summed E-state index contributed by atoms with van der Waals surface area (Å²) in [6.07, 6.45) is 0.